The quantitative estimate of drug-likeness (QED) is 0.755. The van der Waals surface area contributed by atoms with E-state index in [9.17, 15) is 0 Å². The number of nitrogens with one attached hydrogen (secondary N) is 1. The molecule has 1 aliphatic carbocycles. The number of hydrogen-bond donors (Lipinski definition) is 1. The van der Waals surface area contributed by atoms with E-state index in [1.165, 1.54) is 12.8 Å². The SMILES string of the molecule is CCNC1(C#N)CCCC(SC)C1. The summed E-state index contributed by atoms with van der Waals surface area (Å²) >= 11 is 1.90. The minimum Gasteiger partial charge on any atom is -0.300 e. The summed E-state index contributed by atoms with van der Waals surface area (Å²) in [4.78, 5) is 0. The zero-order valence-corrected chi connectivity index (χ0v) is 9.28. The second-order valence-corrected chi connectivity index (χ2v) is 4.82. The minimum absolute atomic E-state index is 0.222. The normalized spacial score (nSPS) is 34.1. The average Bonchev–Trinajstić information content (AvgIpc) is 2.19. The van der Waals surface area contributed by atoms with Gasteiger partial charge in [0.25, 0.3) is 0 Å². The van der Waals surface area contributed by atoms with Crippen LogP contribution in [-0.2, 0) is 0 Å². The van der Waals surface area contributed by atoms with Crippen LogP contribution in [0, 0.1) is 11.3 Å². The lowest BCUT2D eigenvalue weighted by molar-refractivity contribution is 0.310. The van der Waals surface area contributed by atoms with E-state index in [2.05, 4.69) is 24.6 Å². The van der Waals surface area contributed by atoms with Crippen LogP contribution >= 0.6 is 11.8 Å². The molecule has 0 aromatic rings. The van der Waals surface area contributed by atoms with Gasteiger partial charge in [-0.25, -0.2) is 0 Å². The van der Waals surface area contributed by atoms with Gasteiger partial charge in [-0.2, -0.15) is 17.0 Å². The van der Waals surface area contributed by atoms with Crippen molar-refractivity contribution in [3.63, 3.8) is 0 Å². The molecule has 0 aliphatic heterocycles. The first-order valence-corrected chi connectivity index (χ1v) is 6.24. The molecule has 2 unspecified atom stereocenters. The Morgan fingerprint density at radius 2 is 2.46 bits per heavy atom. The molecule has 1 N–H and O–H groups in total. The number of rotatable bonds is 3. The van der Waals surface area contributed by atoms with Crippen molar-refractivity contribution < 1.29 is 0 Å². The smallest absolute Gasteiger partial charge is 0.107 e. The lowest BCUT2D eigenvalue weighted by Crippen LogP contribution is -2.48. The van der Waals surface area contributed by atoms with E-state index < -0.39 is 0 Å². The Labute approximate surface area is 85.1 Å². The molecule has 74 valence electrons. The molecule has 0 saturated heterocycles. The first-order chi connectivity index (χ1) is 6.26. The van der Waals surface area contributed by atoms with Crippen LogP contribution in [0.3, 0.4) is 0 Å². The number of hydrogen-bond acceptors (Lipinski definition) is 3. The van der Waals surface area contributed by atoms with Gasteiger partial charge in [-0.05, 0) is 38.5 Å². The van der Waals surface area contributed by atoms with Crippen molar-refractivity contribution in [2.75, 3.05) is 12.8 Å². The molecule has 3 heteroatoms. The largest absolute Gasteiger partial charge is 0.300 e. The monoisotopic (exact) mass is 198 g/mol. The summed E-state index contributed by atoms with van der Waals surface area (Å²) in [5, 5.41) is 13.2. The van der Waals surface area contributed by atoms with Crippen LogP contribution in [-0.4, -0.2) is 23.6 Å². The van der Waals surface area contributed by atoms with E-state index in [0.717, 1.165) is 19.4 Å². The van der Waals surface area contributed by atoms with Gasteiger partial charge in [0, 0.05) is 5.25 Å². The van der Waals surface area contributed by atoms with Crippen LogP contribution in [0.4, 0.5) is 0 Å². The van der Waals surface area contributed by atoms with Crippen LogP contribution in [0.1, 0.15) is 32.6 Å². The molecule has 1 fully saturated rings. The van der Waals surface area contributed by atoms with E-state index in [1.54, 1.807) is 0 Å². The van der Waals surface area contributed by atoms with Gasteiger partial charge in [-0.3, -0.25) is 5.32 Å². The molecule has 0 aromatic carbocycles. The molecular formula is C10H18N2S. The molecule has 1 saturated carbocycles. The molecule has 0 heterocycles. The van der Waals surface area contributed by atoms with E-state index in [0.29, 0.717) is 5.25 Å². The second-order valence-electron chi connectivity index (χ2n) is 3.68. The van der Waals surface area contributed by atoms with Gasteiger partial charge in [-0.15, -0.1) is 0 Å². The average molecular weight is 198 g/mol. The zero-order valence-electron chi connectivity index (χ0n) is 8.47. The maximum absolute atomic E-state index is 9.16. The van der Waals surface area contributed by atoms with E-state index in [1.807, 2.05) is 11.8 Å². The summed E-state index contributed by atoms with van der Waals surface area (Å²) in [5.41, 5.74) is -0.222. The fourth-order valence-electron chi connectivity index (χ4n) is 2.07. The Balaban J connectivity index is 2.59. The standard InChI is InChI=1S/C10H18N2S/c1-3-12-10(8-11)6-4-5-9(7-10)13-2/h9,12H,3-7H2,1-2H3. The molecule has 0 bridgehead atoms. The van der Waals surface area contributed by atoms with E-state index in [-0.39, 0.29) is 5.54 Å². The summed E-state index contributed by atoms with van der Waals surface area (Å²) in [6.45, 7) is 2.97. The Bertz CT molecular complexity index is 196. The van der Waals surface area contributed by atoms with E-state index >= 15 is 0 Å². The maximum atomic E-state index is 9.16. The molecule has 0 spiro atoms. The number of nitrogens with zero attached hydrogens (tertiary/aromatic N) is 1. The van der Waals surface area contributed by atoms with Crippen LogP contribution in [0.5, 0.6) is 0 Å². The third-order valence-corrected chi connectivity index (χ3v) is 3.84. The first-order valence-electron chi connectivity index (χ1n) is 4.95. The fourth-order valence-corrected chi connectivity index (χ4v) is 2.92. The van der Waals surface area contributed by atoms with Crippen molar-refractivity contribution in [2.45, 2.75) is 43.4 Å². The number of nitriles is 1. The molecule has 2 atom stereocenters. The highest BCUT2D eigenvalue weighted by Gasteiger charge is 2.35. The van der Waals surface area contributed by atoms with Gasteiger partial charge < -0.3 is 0 Å². The Morgan fingerprint density at radius 1 is 1.69 bits per heavy atom. The van der Waals surface area contributed by atoms with Crippen LogP contribution in [0.2, 0.25) is 0 Å². The van der Waals surface area contributed by atoms with Gasteiger partial charge in [0.2, 0.25) is 0 Å². The highest BCUT2D eigenvalue weighted by Crippen LogP contribution is 2.33. The maximum Gasteiger partial charge on any atom is 0.107 e. The van der Waals surface area contributed by atoms with E-state index in [4.69, 9.17) is 5.26 Å². The third kappa shape index (κ3) is 2.62. The summed E-state index contributed by atoms with van der Waals surface area (Å²) in [7, 11) is 0. The Hall–Kier alpha value is -0.200. The summed E-state index contributed by atoms with van der Waals surface area (Å²) < 4.78 is 0. The van der Waals surface area contributed by atoms with Gasteiger partial charge in [0.05, 0.1) is 6.07 Å². The summed E-state index contributed by atoms with van der Waals surface area (Å²) in [5.74, 6) is 0. The number of thioether (sulfide) groups is 1. The third-order valence-electron chi connectivity index (χ3n) is 2.77. The molecule has 0 radical (unpaired) electrons. The fraction of sp³-hybridized carbons (Fsp3) is 0.900. The molecular weight excluding hydrogens is 180 g/mol. The highest BCUT2D eigenvalue weighted by atomic mass is 32.2. The van der Waals surface area contributed by atoms with Crippen molar-refractivity contribution in [1.82, 2.24) is 5.32 Å². The molecule has 13 heavy (non-hydrogen) atoms. The van der Waals surface area contributed by atoms with Gasteiger partial charge >= 0.3 is 0 Å². The lowest BCUT2D eigenvalue weighted by atomic mass is 9.82. The molecule has 1 rings (SSSR count). The molecule has 1 aliphatic rings. The van der Waals surface area contributed by atoms with Crippen molar-refractivity contribution in [3.8, 4) is 6.07 Å². The van der Waals surface area contributed by atoms with Gasteiger partial charge in [0.1, 0.15) is 5.54 Å². The van der Waals surface area contributed by atoms with Crippen molar-refractivity contribution in [2.24, 2.45) is 0 Å². The van der Waals surface area contributed by atoms with Crippen LogP contribution in [0.15, 0.2) is 0 Å². The highest BCUT2D eigenvalue weighted by molar-refractivity contribution is 7.99. The predicted molar refractivity (Wildman–Crippen MR) is 57.8 cm³/mol. The minimum atomic E-state index is -0.222. The Morgan fingerprint density at radius 3 is 3.00 bits per heavy atom. The molecule has 0 aromatic heterocycles. The Kier molecular flexibility index (Phi) is 4.08. The van der Waals surface area contributed by atoms with Gasteiger partial charge in [-0.1, -0.05) is 6.92 Å². The lowest BCUT2D eigenvalue weighted by Gasteiger charge is -2.35. The summed E-state index contributed by atoms with van der Waals surface area (Å²) in [6.07, 6.45) is 6.64. The van der Waals surface area contributed by atoms with Crippen molar-refractivity contribution in [3.05, 3.63) is 0 Å². The predicted octanol–water partition coefficient (Wildman–Crippen LogP) is 2.16. The molecule has 2 nitrogen and oxygen atoms in total. The van der Waals surface area contributed by atoms with Crippen molar-refractivity contribution >= 4 is 11.8 Å². The van der Waals surface area contributed by atoms with Crippen LogP contribution in [0.25, 0.3) is 0 Å². The van der Waals surface area contributed by atoms with Crippen LogP contribution < -0.4 is 5.32 Å². The summed E-state index contributed by atoms with van der Waals surface area (Å²) in [6, 6.07) is 2.46. The topological polar surface area (TPSA) is 35.8 Å². The van der Waals surface area contributed by atoms with Gasteiger partial charge in [0.15, 0.2) is 0 Å². The second kappa shape index (κ2) is 4.88. The van der Waals surface area contributed by atoms with Crippen molar-refractivity contribution in [1.29, 1.82) is 5.26 Å². The molecule has 0 amide bonds. The first kappa shape index (κ1) is 10.9. The zero-order chi connectivity index (χ0) is 9.73.